The maximum atomic E-state index is 2.36. The van der Waals surface area contributed by atoms with Gasteiger partial charge in [-0.3, -0.25) is 0 Å². The lowest BCUT2D eigenvalue weighted by molar-refractivity contribution is -0.660. The molecule has 0 saturated heterocycles. The van der Waals surface area contributed by atoms with E-state index in [-0.39, 0.29) is 0 Å². The Balaban J connectivity index is 0.000000107. The van der Waals surface area contributed by atoms with Gasteiger partial charge in [-0.25, -0.2) is 13.7 Å². The summed E-state index contributed by atoms with van der Waals surface area (Å²) in [5.74, 6) is 0. The second kappa shape index (κ2) is 33.5. The summed E-state index contributed by atoms with van der Waals surface area (Å²) >= 11 is 0. The van der Waals surface area contributed by atoms with Gasteiger partial charge in [0.25, 0.3) is 0 Å². The SMILES string of the molecule is Cc1c(-c2cccc[n+]2C)ccc2cc3ccccc3n12.Cc1cc2cc3ccccc3n2cc1-c1cccc[n+]1C.Cc1cc[n+](C)c(-c2c(C)c3ccccn3c2C)c1.Cc1cc[n+](C)c(-c2c(C)cc3cccc(C)n23)c1.Cc1cc[n+](C)c(-c2c(C)cc3cccc(C)n23)c1.Cc1ccc2cc3ccccc3n2c1-c1cccc[n+]1C. The molecule has 18 aromatic heterocycles. The molecular weight excluding hydrogens is 1470 g/mol. The molecule has 594 valence electrons. The van der Waals surface area contributed by atoms with Crippen molar-refractivity contribution in [3.63, 3.8) is 0 Å². The minimum atomic E-state index is 1.22. The van der Waals surface area contributed by atoms with Gasteiger partial charge in [0, 0.05) is 157 Å². The van der Waals surface area contributed by atoms with Crippen LogP contribution in [-0.4, -0.2) is 26.4 Å². The largest absolute Gasteiger partial charge is 0.320 e. The molecule has 0 aliphatic heterocycles. The molecule has 18 heterocycles. The monoisotopic (exact) mass is 1570 g/mol. The molecule has 0 radical (unpaired) electrons. The number of hydrogen-bond donors (Lipinski definition) is 0. The highest BCUT2D eigenvalue weighted by atomic mass is 15.0. The van der Waals surface area contributed by atoms with Crippen molar-refractivity contribution in [1.29, 1.82) is 0 Å². The molecule has 0 aliphatic carbocycles. The Bertz CT molecular complexity index is 7250. The lowest BCUT2D eigenvalue weighted by Crippen LogP contribution is -2.31. The van der Waals surface area contributed by atoms with E-state index in [4.69, 9.17) is 0 Å². The number of aromatic nitrogens is 12. The highest BCUT2D eigenvalue weighted by Crippen LogP contribution is 2.35. The number of pyridine rings is 12. The number of nitrogens with zero attached hydrogens (tertiary/aromatic N) is 12. The van der Waals surface area contributed by atoms with Gasteiger partial charge < -0.3 is 26.4 Å². The Hall–Kier alpha value is -14.1. The van der Waals surface area contributed by atoms with Crippen LogP contribution in [0.25, 0.3) is 134 Å². The molecule has 0 saturated carbocycles. The minimum absolute atomic E-state index is 1.22. The topological polar surface area (TPSA) is 49.7 Å². The van der Waals surface area contributed by atoms with E-state index in [0.717, 1.165) is 0 Å². The summed E-state index contributed by atoms with van der Waals surface area (Å²) in [4.78, 5) is 0. The van der Waals surface area contributed by atoms with Gasteiger partial charge in [-0.05, 0) is 255 Å². The standard InChI is InChI=1S/3C19H17N2.3C17H19N2/c1-14-17(19-9-5-6-12-20(19)2)11-10-16-13-15-7-3-4-8-18(15)21(14)16;1-14-10-11-16-13-15-7-3-4-8-17(15)21(16)19(14)18-9-5-6-12-20(18)2;1-14-11-16-12-15-7-3-4-8-18(15)21(16)13-17(14)19-9-5-6-10-20(19)2;2*1-12-8-9-18(4)16(10-12)17-13(2)11-15-7-5-6-14(3)19(15)17;1-12-8-10-18(4)16(11-12)17-13(2)15-7-5-6-9-19(15)14(17)3/h3*3-13H,1-2H3;3*5-11H,1-4H3/q6*+1. The van der Waals surface area contributed by atoms with Crippen molar-refractivity contribution in [2.45, 2.75) is 83.1 Å². The average Bonchev–Trinajstić information content (AvgIpc) is 1.61. The molecule has 12 nitrogen and oxygen atoms in total. The van der Waals surface area contributed by atoms with E-state index in [0.29, 0.717) is 0 Å². The van der Waals surface area contributed by atoms with Crippen LogP contribution in [0, 0.1) is 83.1 Å². The van der Waals surface area contributed by atoms with Gasteiger partial charge in [0.15, 0.2) is 37.2 Å². The van der Waals surface area contributed by atoms with Crippen LogP contribution >= 0.6 is 0 Å². The summed E-state index contributed by atoms with van der Waals surface area (Å²) in [7, 11) is 12.6. The smallest absolute Gasteiger partial charge is 0.229 e. The summed E-state index contributed by atoms with van der Waals surface area (Å²) in [5.41, 5.74) is 42.1. The summed E-state index contributed by atoms with van der Waals surface area (Å²) in [6.07, 6.45) is 17.0. The number of benzene rings is 3. The molecular formula is C108H108N12+6. The van der Waals surface area contributed by atoms with Crippen molar-refractivity contribution in [2.24, 2.45) is 42.3 Å². The highest BCUT2D eigenvalue weighted by molar-refractivity contribution is 5.92. The summed E-state index contributed by atoms with van der Waals surface area (Å²) in [6, 6.07) is 99.4. The third kappa shape index (κ3) is 15.3. The molecule has 21 aromatic rings. The molecule has 0 aliphatic rings. The van der Waals surface area contributed by atoms with Crippen LogP contribution < -0.4 is 27.4 Å². The van der Waals surface area contributed by atoms with E-state index < -0.39 is 0 Å². The number of para-hydroxylation sites is 3. The molecule has 0 fully saturated rings. The van der Waals surface area contributed by atoms with Crippen molar-refractivity contribution in [3.05, 3.63) is 396 Å². The first kappa shape index (κ1) is 79.7. The molecule has 0 amide bonds. The molecule has 0 atom stereocenters. The Morgan fingerprint density at radius 2 is 0.633 bits per heavy atom. The quantitative estimate of drug-likeness (QED) is 0.149. The highest BCUT2D eigenvalue weighted by Gasteiger charge is 2.25. The van der Waals surface area contributed by atoms with Crippen LogP contribution in [-0.2, 0) is 42.3 Å². The summed E-state index contributed by atoms with van der Waals surface area (Å²) in [5, 5.41) is 3.85. The third-order valence-electron chi connectivity index (χ3n) is 23.9. The zero-order valence-corrected chi connectivity index (χ0v) is 72.5. The fraction of sp³-hybridized carbons (Fsp3) is 0.167. The van der Waals surface area contributed by atoms with Gasteiger partial charge in [-0.2, -0.15) is 13.7 Å². The maximum absolute atomic E-state index is 2.36. The molecule has 0 bridgehead atoms. The van der Waals surface area contributed by atoms with Gasteiger partial charge in [0.05, 0.1) is 33.2 Å². The van der Waals surface area contributed by atoms with E-state index in [1.54, 1.807) is 0 Å². The minimum Gasteiger partial charge on any atom is -0.320 e. The van der Waals surface area contributed by atoms with E-state index in [9.17, 15) is 0 Å². The van der Waals surface area contributed by atoms with E-state index in [2.05, 4.69) is 508 Å². The van der Waals surface area contributed by atoms with E-state index in [1.165, 1.54) is 201 Å². The predicted octanol–water partition coefficient (Wildman–Crippen LogP) is 21.7. The van der Waals surface area contributed by atoms with Gasteiger partial charge >= 0.3 is 0 Å². The van der Waals surface area contributed by atoms with Crippen LogP contribution in [0.1, 0.15) is 67.3 Å². The molecule has 21 rings (SSSR count). The van der Waals surface area contributed by atoms with E-state index >= 15 is 0 Å². The van der Waals surface area contributed by atoms with Gasteiger partial charge in [-0.15, -0.1) is 0 Å². The maximum Gasteiger partial charge on any atom is 0.229 e. The fourth-order valence-electron chi connectivity index (χ4n) is 17.7. The van der Waals surface area contributed by atoms with Crippen molar-refractivity contribution in [1.82, 2.24) is 26.4 Å². The van der Waals surface area contributed by atoms with Crippen LogP contribution in [0.3, 0.4) is 0 Å². The lowest BCUT2D eigenvalue weighted by atomic mass is 10.1. The first-order chi connectivity index (χ1) is 58.0. The number of hydrogen-bond acceptors (Lipinski definition) is 0. The Labute approximate surface area is 704 Å². The Morgan fingerprint density at radius 3 is 1.17 bits per heavy atom. The van der Waals surface area contributed by atoms with Gasteiger partial charge in [0.1, 0.15) is 59.4 Å². The van der Waals surface area contributed by atoms with Gasteiger partial charge in [0.2, 0.25) is 34.2 Å². The number of fused-ring (bicyclic) bond motifs is 12. The first-order valence-corrected chi connectivity index (χ1v) is 41.5. The van der Waals surface area contributed by atoms with E-state index in [1.807, 2.05) is 0 Å². The Morgan fingerprint density at radius 1 is 0.233 bits per heavy atom. The van der Waals surface area contributed by atoms with Crippen LogP contribution in [0.2, 0.25) is 0 Å². The second-order valence-electron chi connectivity index (χ2n) is 32.4. The molecule has 120 heavy (non-hydrogen) atoms. The molecule has 0 unspecified atom stereocenters. The fourth-order valence-corrected chi connectivity index (χ4v) is 17.7. The van der Waals surface area contributed by atoms with Crippen molar-refractivity contribution >= 4 is 65.8 Å². The van der Waals surface area contributed by atoms with Crippen molar-refractivity contribution < 1.29 is 27.4 Å². The summed E-state index contributed by atoms with van der Waals surface area (Å²) in [6.45, 7) is 26.1. The third-order valence-corrected chi connectivity index (χ3v) is 23.9. The molecule has 3 aromatic carbocycles. The normalized spacial score (nSPS) is 11.2. The van der Waals surface area contributed by atoms with Crippen LogP contribution in [0.15, 0.2) is 329 Å². The number of rotatable bonds is 6. The van der Waals surface area contributed by atoms with Crippen LogP contribution in [0.4, 0.5) is 0 Å². The molecule has 0 N–H and O–H groups in total. The number of aryl methyl sites for hydroxylation is 18. The van der Waals surface area contributed by atoms with Crippen molar-refractivity contribution in [2.75, 3.05) is 0 Å². The first-order valence-electron chi connectivity index (χ1n) is 41.5. The summed E-state index contributed by atoms with van der Waals surface area (Å²) < 4.78 is 27.0. The zero-order valence-electron chi connectivity index (χ0n) is 72.5. The molecule has 12 heteroatoms. The predicted molar refractivity (Wildman–Crippen MR) is 493 cm³/mol. The Kier molecular flexibility index (Phi) is 22.2. The van der Waals surface area contributed by atoms with Crippen molar-refractivity contribution in [3.8, 4) is 67.9 Å². The lowest BCUT2D eigenvalue weighted by Gasteiger charge is -2.09. The zero-order chi connectivity index (χ0) is 83.9. The van der Waals surface area contributed by atoms with Crippen LogP contribution in [0.5, 0.6) is 0 Å². The van der Waals surface area contributed by atoms with Gasteiger partial charge in [-0.1, -0.05) is 78.9 Å². The average molecular weight is 1570 g/mol. The second-order valence-corrected chi connectivity index (χ2v) is 32.4. The molecule has 0 spiro atoms.